The summed E-state index contributed by atoms with van der Waals surface area (Å²) >= 11 is 0. The first-order valence-corrected chi connectivity index (χ1v) is 4.72. The fourth-order valence-electron chi connectivity index (χ4n) is 1.13. The number of carboxylic acid groups (broad SMARTS) is 1. The minimum absolute atomic E-state index is 0.297. The van der Waals surface area contributed by atoms with Crippen molar-refractivity contribution in [3.63, 3.8) is 0 Å². The predicted octanol–water partition coefficient (Wildman–Crippen LogP) is 2.38. The van der Waals surface area contributed by atoms with E-state index >= 15 is 0 Å². The maximum atomic E-state index is 10.6. The lowest BCUT2D eigenvalue weighted by molar-refractivity contribution is -0.137. The van der Waals surface area contributed by atoms with E-state index in [9.17, 15) is 4.79 Å². The highest BCUT2D eigenvalue weighted by atomic mass is 16.4. The summed E-state index contributed by atoms with van der Waals surface area (Å²) in [4.78, 5) is 13.3. The highest BCUT2D eigenvalue weighted by Crippen LogP contribution is 2.11. The van der Waals surface area contributed by atoms with Gasteiger partial charge in [0.05, 0.1) is 6.54 Å². The van der Waals surface area contributed by atoms with Crippen molar-refractivity contribution in [1.82, 2.24) is 0 Å². The average molecular weight is 220 g/mol. The van der Waals surface area contributed by atoms with Crippen LogP contribution in [0.25, 0.3) is 10.4 Å². The van der Waals surface area contributed by atoms with E-state index in [0.29, 0.717) is 6.54 Å². The number of carboxylic acids is 1. The molecule has 1 aromatic rings. The Labute approximate surface area is 92.5 Å². The lowest BCUT2D eigenvalue weighted by Crippen LogP contribution is -2.25. The van der Waals surface area contributed by atoms with Crippen molar-refractivity contribution in [1.29, 1.82) is 0 Å². The Balaban J connectivity index is 2.64. The Hall–Kier alpha value is -2.20. The molecule has 0 fully saturated rings. The van der Waals surface area contributed by atoms with Gasteiger partial charge in [0.2, 0.25) is 0 Å². The van der Waals surface area contributed by atoms with Gasteiger partial charge in [0.25, 0.3) is 0 Å². The van der Waals surface area contributed by atoms with Crippen molar-refractivity contribution in [2.75, 3.05) is 5.32 Å². The highest BCUT2D eigenvalue weighted by Gasteiger charge is 2.09. The van der Waals surface area contributed by atoms with Gasteiger partial charge >= 0.3 is 5.97 Å². The smallest absolute Gasteiger partial charge is 0.325 e. The Bertz CT molecular complexity index is 409. The zero-order valence-corrected chi connectivity index (χ0v) is 8.79. The molecule has 1 rings (SSSR count). The van der Waals surface area contributed by atoms with Crippen LogP contribution in [0.5, 0.6) is 0 Å². The van der Waals surface area contributed by atoms with E-state index in [1.54, 1.807) is 31.2 Å². The minimum Gasteiger partial charge on any atom is -0.480 e. The molecule has 1 atom stereocenters. The minimum atomic E-state index is -0.904. The average Bonchev–Trinajstić information content (AvgIpc) is 2.28. The molecule has 0 spiro atoms. The second kappa shape index (κ2) is 5.63. The molecular formula is C10H12N4O2. The monoisotopic (exact) mass is 220 g/mol. The molecule has 0 amide bonds. The highest BCUT2D eigenvalue weighted by molar-refractivity contribution is 5.76. The van der Waals surface area contributed by atoms with Crippen molar-refractivity contribution >= 4 is 11.7 Å². The van der Waals surface area contributed by atoms with Gasteiger partial charge < -0.3 is 10.4 Å². The molecule has 0 aromatic heterocycles. The Morgan fingerprint density at radius 1 is 1.56 bits per heavy atom. The number of azide groups is 1. The van der Waals surface area contributed by atoms with Gasteiger partial charge in [-0.3, -0.25) is 4.79 Å². The summed E-state index contributed by atoms with van der Waals surface area (Å²) in [6.07, 6.45) is 0. The summed E-state index contributed by atoms with van der Waals surface area (Å²) in [6.45, 7) is 1.86. The van der Waals surface area contributed by atoms with Crippen LogP contribution in [0.15, 0.2) is 29.4 Å². The molecule has 0 saturated carbocycles. The number of anilines is 1. The second-order valence-corrected chi connectivity index (χ2v) is 3.29. The van der Waals surface area contributed by atoms with Gasteiger partial charge in [-0.25, -0.2) is 0 Å². The van der Waals surface area contributed by atoms with Gasteiger partial charge in [0, 0.05) is 10.6 Å². The maximum Gasteiger partial charge on any atom is 0.325 e. The number of hydrogen-bond donors (Lipinski definition) is 2. The summed E-state index contributed by atoms with van der Waals surface area (Å²) in [5.74, 6) is -0.904. The molecule has 2 N–H and O–H groups in total. The number of benzene rings is 1. The first-order valence-electron chi connectivity index (χ1n) is 4.72. The SMILES string of the molecule is CC(Nc1ccc(CN=[N+]=[N-])cc1)C(=O)O. The van der Waals surface area contributed by atoms with Gasteiger partial charge in [0.15, 0.2) is 0 Å². The Morgan fingerprint density at radius 3 is 2.69 bits per heavy atom. The molecule has 6 heteroatoms. The van der Waals surface area contributed by atoms with Crippen LogP contribution in [0.4, 0.5) is 5.69 Å². The van der Waals surface area contributed by atoms with Crippen molar-refractivity contribution in [2.45, 2.75) is 19.5 Å². The van der Waals surface area contributed by atoms with Crippen LogP contribution in [0.1, 0.15) is 12.5 Å². The third kappa shape index (κ3) is 3.51. The first kappa shape index (κ1) is 11.9. The summed E-state index contributed by atoms with van der Waals surface area (Å²) in [5.41, 5.74) is 9.75. The summed E-state index contributed by atoms with van der Waals surface area (Å²) < 4.78 is 0. The van der Waals surface area contributed by atoms with Gasteiger partial charge in [-0.05, 0) is 30.2 Å². The van der Waals surface area contributed by atoms with E-state index in [1.165, 1.54) is 0 Å². The van der Waals surface area contributed by atoms with E-state index in [-0.39, 0.29) is 0 Å². The first-order chi connectivity index (χ1) is 7.63. The number of carbonyl (C=O) groups is 1. The van der Waals surface area contributed by atoms with Gasteiger partial charge in [0.1, 0.15) is 6.04 Å². The molecule has 16 heavy (non-hydrogen) atoms. The van der Waals surface area contributed by atoms with Crippen LogP contribution in [0.2, 0.25) is 0 Å². The zero-order chi connectivity index (χ0) is 12.0. The van der Waals surface area contributed by atoms with Crippen LogP contribution >= 0.6 is 0 Å². The predicted molar refractivity (Wildman–Crippen MR) is 60.0 cm³/mol. The Morgan fingerprint density at radius 2 is 2.19 bits per heavy atom. The zero-order valence-electron chi connectivity index (χ0n) is 8.79. The third-order valence-electron chi connectivity index (χ3n) is 2.02. The quantitative estimate of drug-likeness (QED) is 0.452. The lowest BCUT2D eigenvalue weighted by atomic mass is 10.2. The maximum absolute atomic E-state index is 10.6. The standard InChI is InChI=1S/C10H12N4O2/c1-7(10(15)16)13-9-4-2-8(3-5-9)6-12-14-11/h2-5,7,13H,6H2,1H3,(H,15,16). The molecule has 0 aliphatic rings. The van der Waals surface area contributed by atoms with E-state index in [2.05, 4.69) is 15.3 Å². The molecule has 0 saturated heterocycles. The molecule has 84 valence electrons. The van der Waals surface area contributed by atoms with E-state index < -0.39 is 12.0 Å². The summed E-state index contributed by atoms with van der Waals surface area (Å²) in [5, 5.41) is 14.9. The second-order valence-electron chi connectivity index (χ2n) is 3.29. The number of nitrogens with zero attached hydrogens (tertiary/aromatic N) is 3. The molecule has 1 unspecified atom stereocenters. The van der Waals surface area contributed by atoms with Crippen LogP contribution in [0.3, 0.4) is 0 Å². The summed E-state index contributed by atoms with van der Waals surface area (Å²) in [6, 6.07) is 6.43. The number of aliphatic carboxylic acids is 1. The van der Waals surface area contributed by atoms with Crippen LogP contribution in [-0.2, 0) is 11.3 Å². The Kier molecular flexibility index (Phi) is 4.17. The van der Waals surface area contributed by atoms with Gasteiger partial charge in [-0.1, -0.05) is 17.2 Å². The molecule has 0 bridgehead atoms. The molecule has 0 heterocycles. The van der Waals surface area contributed by atoms with Crippen LogP contribution in [-0.4, -0.2) is 17.1 Å². The number of nitrogens with one attached hydrogen (secondary N) is 1. The topological polar surface area (TPSA) is 98.1 Å². The van der Waals surface area contributed by atoms with E-state index in [0.717, 1.165) is 11.3 Å². The van der Waals surface area contributed by atoms with Crippen molar-refractivity contribution in [2.24, 2.45) is 5.11 Å². The number of hydrogen-bond acceptors (Lipinski definition) is 3. The third-order valence-corrected chi connectivity index (χ3v) is 2.02. The fourth-order valence-corrected chi connectivity index (χ4v) is 1.13. The normalized spacial score (nSPS) is 11.3. The van der Waals surface area contributed by atoms with E-state index in [1.807, 2.05) is 0 Å². The van der Waals surface area contributed by atoms with Crippen molar-refractivity contribution < 1.29 is 9.90 Å². The lowest BCUT2D eigenvalue weighted by Gasteiger charge is -2.10. The molecule has 0 aliphatic heterocycles. The largest absolute Gasteiger partial charge is 0.480 e. The molecular weight excluding hydrogens is 208 g/mol. The summed E-state index contributed by atoms with van der Waals surface area (Å²) in [7, 11) is 0. The van der Waals surface area contributed by atoms with E-state index in [4.69, 9.17) is 10.6 Å². The van der Waals surface area contributed by atoms with Gasteiger partial charge in [-0.2, -0.15) is 0 Å². The molecule has 0 aliphatic carbocycles. The molecule has 6 nitrogen and oxygen atoms in total. The fraction of sp³-hybridized carbons (Fsp3) is 0.300. The van der Waals surface area contributed by atoms with Crippen LogP contribution < -0.4 is 5.32 Å². The van der Waals surface area contributed by atoms with Crippen LogP contribution in [0, 0.1) is 0 Å². The number of rotatable bonds is 5. The molecule has 1 aromatic carbocycles. The van der Waals surface area contributed by atoms with Crippen molar-refractivity contribution in [3.8, 4) is 0 Å². The molecule has 0 radical (unpaired) electrons. The van der Waals surface area contributed by atoms with Crippen molar-refractivity contribution in [3.05, 3.63) is 40.3 Å². The van der Waals surface area contributed by atoms with Gasteiger partial charge in [-0.15, -0.1) is 0 Å².